The van der Waals surface area contributed by atoms with Gasteiger partial charge in [0.15, 0.2) is 0 Å². The largest absolute Gasteiger partial charge is 0.480 e. The number of rotatable bonds is 9. The fourth-order valence-electron chi connectivity index (χ4n) is 2.08. The second-order valence-corrected chi connectivity index (χ2v) is 8.15. The van der Waals surface area contributed by atoms with Gasteiger partial charge in [-0.15, -0.1) is 11.3 Å². The van der Waals surface area contributed by atoms with E-state index < -0.39 is 22.0 Å². The number of carboxylic acids is 1. The first-order valence-electron chi connectivity index (χ1n) is 7.40. The van der Waals surface area contributed by atoms with E-state index in [0.29, 0.717) is 30.0 Å². The summed E-state index contributed by atoms with van der Waals surface area (Å²) in [6.45, 7) is 0.442. The number of nitrogens with zero attached hydrogens (tertiary/aromatic N) is 1. The molecule has 9 heteroatoms. The SMILES string of the molecule is NCCCC[C@@H](NS(=O)(=O)c1ccc(-c2ccccn2)s1)C(=O)O. The van der Waals surface area contributed by atoms with E-state index in [2.05, 4.69) is 9.71 Å². The quantitative estimate of drug-likeness (QED) is 0.578. The molecule has 0 spiro atoms. The average molecular weight is 369 g/mol. The maximum absolute atomic E-state index is 12.4. The van der Waals surface area contributed by atoms with E-state index in [1.807, 2.05) is 6.07 Å². The summed E-state index contributed by atoms with van der Waals surface area (Å²) in [6.07, 6.45) is 3.01. The average Bonchev–Trinajstić information content (AvgIpc) is 3.05. The third-order valence-corrected chi connectivity index (χ3v) is 6.38. The van der Waals surface area contributed by atoms with Crippen molar-refractivity contribution in [3.63, 3.8) is 0 Å². The number of sulfonamides is 1. The van der Waals surface area contributed by atoms with Crippen LogP contribution in [-0.2, 0) is 14.8 Å². The van der Waals surface area contributed by atoms with Gasteiger partial charge >= 0.3 is 5.97 Å². The zero-order valence-corrected chi connectivity index (χ0v) is 14.5. The minimum atomic E-state index is -3.90. The predicted molar refractivity (Wildman–Crippen MR) is 92.2 cm³/mol. The van der Waals surface area contributed by atoms with E-state index in [1.54, 1.807) is 24.4 Å². The van der Waals surface area contributed by atoms with Crippen LogP contribution in [0.15, 0.2) is 40.7 Å². The molecule has 0 aliphatic rings. The molecule has 0 unspecified atom stereocenters. The lowest BCUT2D eigenvalue weighted by molar-refractivity contribution is -0.139. The summed E-state index contributed by atoms with van der Waals surface area (Å²) in [5.74, 6) is -1.20. The van der Waals surface area contributed by atoms with Crippen LogP contribution in [0.4, 0.5) is 0 Å². The Labute approximate surface area is 144 Å². The van der Waals surface area contributed by atoms with Crippen molar-refractivity contribution in [3.05, 3.63) is 36.5 Å². The lowest BCUT2D eigenvalue weighted by Crippen LogP contribution is -2.40. The Kier molecular flexibility index (Phi) is 6.44. The van der Waals surface area contributed by atoms with Crippen LogP contribution in [0.2, 0.25) is 0 Å². The summed E-state index contributed by atoms with van der Waals surface area (Å²) in [5.41, 5.74) is 6.05. The molecule has 0 bridgehead atoms. The molecule has 24 heavy (non-hydrogen) atoms. The Morgan fingerprint density at radius 2 is 2.08 bits per heavy atom. The number of pyridine rings is 1. The molecular weight excluding hydrogens is 350 g/mol. The van der Waals surface area contributed by atoms with Crippen LogP contribution in [0, 0.1) is 0 Å². The summed E-state index contributed by atoms with van der Waals surface area (Å²) < 4.78 is 27.1. The molecule has 7 nitrogen and oxygen atoms in total. The lowest BCUT2D eigenvalue weighted by Gasteiger charge is -2.13. The molecular formula is C15H19N3O4S2. The van der Waals surface area contributed by atoms with Crippen molar-refractivity contribution in [2.75, 3.05) is 6.54 Å². The number of nitrogens with two attached hydrogens (primary N) is 1. The Bertz CT molecular complexity index is 775. The van der Waals surface area contributed by atoms with Gasteiger partial charge in [0.05, 0.1) is 10.6 Å². The summed E-state index contributed by atoms with van der Waals surface area (Å²) in [7, 11) is -3.90. The number of unbranched alkanes of at least 4 members (excludes halogenated alkanes) is 1. The molecule has 0 amide bonds. The minimum Gasteiger partial charge on any atom is -0.480 e. The Balaban J connectivity index is 2.14. The molecule has 0 aliphatic heterocycles. The van der Waals surface area contributed by atoms with Crippen molar-refractivity contribution < 1.29 is 18.3 Å². The molecule has 2 rings (SSSR count). The minimum absolute atomic E-state index is 0.0632. The topological polar surface area (TPSA) is 122 Å². The van der Waals surface area contributed by atoms with Gasteiger partial charge in [-0.3, -0.25) is 9.78 Å². The van der Waals surface area contributed by atoms with Gasteiger partial charge < -0.3 is 10.8 Å². The number of hydrogen-bond acceptors (Lipinski definition) is 6. The Morgan fingerprint density at radius 3 is 2.71 bits per heavy atom. The number of carboxylic acid groups (broad SMARTS) is 1. The lowest BCUT2D eigenvalue weighted by atomic mass is 10.1. The standard InChI is InChI=1S/C15H19N3O4S2/c16-9-3-1-6-12(15(19)20)18-24(21,22)14-8-7-13(23-14)11-5-2-4-10-17-11/h2,4-5,7-8,10,12,18H,1,3,6,9,16H2,(H,19,20)/t12-/m1/s1. The van der Waals surface area contributed by atoms with E-state index in [1.165, 1.54) is 6.07 Å². The van der Waals surface area contributed by atoms with Crippen molar-refractivity contribution in [2.24, 2.45) is 5.73 Å². The maximum Gasteiger partial charge on any atom is 0.321 e. The van der Waals surface area contributed by atoms with Crippen LogP contribution in [0.25, 0.3) is 10.6 Å². The van der Waals surface area contributed by atoms with E-state index >= 15 is 0 Å². The van der Waals surface area contributed by atoms with Gasteiger partial charge in [-0.25, -0.2) is 8.42 Å². The van der Waals surface area contributed by atoms with E-state index in [9.17, 15) is 18.3 Å². The zero-order valence-electron chi connectivity index (χ0n) is 12.9. The Morgan fingerprint density at radius 1 is 1.29 bits per heavy atom. The molecule has 1 atom stereocenters. The highest BCUT2D eigenvalue weighted by Gasteiger charge is 2.26. The third-order valence-electron chi connectivity index (χ3n) is 3.31. The molecule has 2 heterocycles. The fraction of sp³-hybridized carbons (Fsp3) is 0.333. The van der Waals surface area contributed by atoms with E-state index in [4.69, 9.17) is 5.73 Å². The van der Waals surface area contributed by atoms with Gasteiger partial charge in [-0.2, -0.15) is 4.72 Å². The second kappa shape index (κ2) is 8.34. The van der Waals surface area contributed by atoms with Crippen molar-refractivity contribution in [3.8, 4) is 10.6 Å². The number of thiophene rings is 1. The molecule has 0 saturated carbocycles. The first-order valence-corrected chi connectivity index (χ1v) is 9.70. The first kappa shape index (κ1) is 18.5. The van der Waals surface area contributed by atoms with Gasteiger partial charge in [0.25, 0.3) is 10.0 Å². The monoisotopic (exact) mass is 369 g/mol. The fourth-order valence-corrected chi connectivity index (χ4v) is 4.61. The Hall–Kier alpha value is -1.81. The summed E-state index contributed by atoms with van der Waals surface area (Å²) in [5, 5.41) is 9.20. The summed E-state index contributed by atoms with van der Waals surface area (Å²) >= 11 is 1.05. The van der Waals surface area contributed by atoms with Crippen LogP contribution >= 0.6 is 11.3 Å². The van der Waals surface area contributed by atoms with Gasteiger partial charge in [-0.05, 0) is 43.7 Å². The molecule has 4 N–H and O–H groups in total. The highest BCUT2D eigenvalue weighted by molar-refractivity contribution is 7.91. The van der Waals surface area contributed by atoms with Crippen LogP contribution in [0.3, 0.4) is 0 Å². The summed E-state index contributed by atoms with van der Waals surface area (Å²) in [6, 6.07) is 7.31. The number of aliphatic carboxylic acids is 1. The number of hydrogen-bond donors (Lipinski definition) is 3. The number of aromatic nitrogens is 1. The molecule has 0 saturated heterocycles. The van der Waals surface area contributed by atoms with Crippen LogP contribution in [-0.4, -0.2) is 37.1 Å². The molecule has 2 aromatic heterocycles. The third kappa shape index (κ3) is 4.84. The van der Waals surface area contributed by atoms with E-state index in [0.717, 1.165) is 11.3 Å². The molecule has 0 fully saturated rings. The normalized spacial score (nSPS) is 12.9. The van der Waals surface area contributed by atoms with Crippen molar-refractivity contribution in [2.45, 2.75) is 29.5 Å². The summed E-state index contributed by atoms with van der Waals surface area (Å²) in [4.78, 5) is 16.1. The number of nitrogens with one attached hydrogen (secondary N) is 1. The van der Waals surface area contributed by atoms with E-state index in [-0.39, 0.29) is 10.6 Å². The van der Waals surface area contributed by atoms with Gasteiger partial charge in [-0.1, -0.05) is 12.5 Å². The molecule has 2 aromatic rings. The van der Waals surface area contributed by atoms with Gasteiger partial charge in [0.1, 0.15) is 10.3 Å². The number of carbonyl (C=O) groups is 1. The molecule has 0 aliphatic carbocycles. The highest BCUT2D eigenvalue weighted by atomic mass is 32.2. The molecule has 0 aromatic carbocycles. The second-order valence-electron chi connectivity index (χ2n) is 5.13. The molecule has 0 radical (unpaired) electrons. The molecule has 130 valence electrons. The van der Waals surface area contributed by atoms with Gasteiger partial charge in [0, 0.05) is 6.20 Å². The zero-order chi connectivity index (χ0) is 17.6. The predicted octanol–water partition coefficient (Wildman–Crippen LogP) is 1.67. The van der Waals surface area contributed by atoms with Crippen molar-refractivity contribution >= 4 is 27.3 Å². The van der Waals surface area contributed by atoms with Crippen LogP contribution < -0.4 is 10.5 Å². The van der Waals surface area contributed by atoms with Crippen LogP contribution in [0.1, 0.15) is 19.3 Å². The van der Waals surface area contributed by atoms with Crippen LogP contribution in [0.5, 0.6) is 0 Å². The highest BCUT2D eigenvalue weighted by Crippen LogP contribution is 2.29. The maximum atomic E-state index is 12.4. The smallest absolute Gasteiger partial charge is 0.321 e. The van der Waals surface area contributed by atoms with Crippen molar-refractivity contribution in [1.29, 1.82) is 0 Å². The van der Waals surface area contributed by atoms with Gasteiger partial charge in [0.2, 0.25) is 0 Å². The van der Waals surface area contributed by atoms with Crippen molar-refractivity contribution in [1.82, 2.24) is 9.71 Å². The first-order chi connectivity index (χ1) is 11.4.